The number of rotatable bonds is 14. The van der Waals surface area contributed by atoms with Crippen LogP contribution in [0, 0.1) is 5.92 Å². The quantitative estimate of drug-likeness (QED) is 0.265. The van der Waals surface area contributed by atoms with Crippen LogP contribution in [0.4, 0.5) is 0 Å². The smallest absolute Gasteiger partial charge is 0.265 e. The fourth-order valence-corrected chi connectivity index (χ4v) is 5.54. The zero-order valence-corrected chi connectivity index (χ0v) is 21.4. The van der Waals surface area contributed by atoms with Gasteiger partial charge < -0.3 is 4.48 Å². The molecule has 5 heteroatoms. The number of quaternary nitrogens is 1. The molecule has 31 heavy (non-hydrogen) atoms. The standard InChI is InChI=1S/C16H36N.C10H12O3S/c1-5-9-13-17(14-10-6-2,15-11-7-3)16-12-8-4;11-14(12,13)7-8-5-9-3-1-2-4-10(9)6-8/h5-16H2,1-4H3;1-4,8H,5-7H2,(H,11,12,13)/q+1;. The maximum absolute atomic E-state index is 10.7. The molecular formula is C26H48NO3S+. The van der Waals surface area contributed by atoms with Crippen molar-refractivity contribution >= 4 is 10.1 Å². The van der Waals surface area contributed by atoms with Crippen LogP contribution in [0.1, 0.15) is 90.2 Å². The lowest BCUT2D eigenvalue weighted by atomic mass is 10.1. The van der Waals surface area contributed by atoms with Gasteiger partial charge in [0.2, 0.25) is 0 Å². The Labute approximate surface area is 192 Å². The normalized spacial score (nSPS) is 14.2. The van der Waals surface area contributed by atoms with Crippen LogP contribution in [0.5, 0.6) is 0 Å². The van der Waals surface area contributed by atoms with E-state index < -0.39 is 10.1 Å². The first-order chi connectivity index (χ1) is 14.8. The summed E-state index contributed by atoms with van der Waals surface area (Å²) in [6.45, 7) is 15.0. The molecule has 0 saturated carbocycles. The van der Waals surface area contributed by atoms with E-state index in [2.05, 4.69) is 27.7 Å². The van der Waals surface area contributed by atoms with Gasteiger partial charge in [-0.15, -0.1) is 0 Å². The molecule has 0 aliphatic heterocycles. The van der Waals surface area contributed by atoms with Gasteiger partial charge in [0.05, 0.1) is 31.9 Å². The highest BCUT2D eigenvalue weighted by atomic mass is 32.2. The zero-order chi connectivity index (χ0) is 23.2. The Bertz CT molecular complexity index is 640. The molecule has 0 aromatic heterocycles. The Morgan fingerprint density at radius 1 is 0.774 bits per heavy atom. The second kappa shape index (κ2) is 15.0. The SMILES string of the molecule is CCCC[N+](CCCC)(CCCC)CCCC.O=S(=O)(O)CC1Cc2ccccc2C1. The Hall–Kier alpha value is -0.910. The van der Waals surface area contributed by atoms with Crippen LogP contribution in [0.25, 0.3) is 0 Å². The van der Waals surface area contributed by atoms with Crippen LogP contribution in [0.3, 0.4) is 0 Å². The second-order valence-electron chi connectivity index (χ2n) is 9.44. The average Bonchev–Trinajstić information content (AvgIpc) is 3.13. The molecule has 0 fully saturated rings. The van der Waals surface area contributed by atoms with Gasteiger partial charge in [0, 0.05) is 0 Å². The summed E-state index contributed by atoms with van der Waals surface area (Å²) < 4.78 is 31.5. The zero-order valence-electron chi connectivity index (χ0n) is 20.6. The van der Waals surface area contributed by atoms with Gasteiger partial charge in [-0.25, -0.2) is 0 Å². The molecule has 0 amide bonds. The highest BCUT2D eigenvalue weighted by Gasteiger charge is 2.25. The van der Waals surface area contributed by atoms with E-state index in [1.807, 2.05) is 24.3 Å². The van der Waals surface area contributed by atoms with E-state index in [0.717, 1.165) is 12.8 Å². The van der Waals surface area contributed by atoms with Crippen molar-refractivity contribution in [2.75, 3.05) is 31.9 Å². The van der Waals surface area contributed by atoms with Gasteiger partial charge in [0.15, 0.2) is 0 Å². The predicted octanol–water partition coefficient (Wildman–Crippen LogP) is 6.29. The molecule has 0 radical (unpaired) electrons. The molecule has 0 bridgehead atoms. The lowest BCUT2D eigenvalue weighted by molar-refractivity contribution is -0.929. The molecule has 1 aliphatic rings. The first-order valence-electron chi connectivity index (χ1n) is 12.7. The van der Waals surface area contributed by atoms with Gasteiger partial charge in [-0.1, -0.05) is 77.6 Å². The Kier molecular flexibility index (Phi) is 13.6. The maximum Gasteiger partial charge on any atom is 0.265 e. The van der Waals surface area contributed by atoms with E-state index in [0.29, 0.717) is 0 Å². The molecule has 0 unspecified atom stereocenters. The van der Waals surface area contributed by atoms with E-state index in [4.69, 9.17) is 4.55 Å². The minimum Gasteiger partial charge on any atom is -0.324 e. The highest BCUT2D eigenvalue weighted by molar-refractivity contribution is 7.85. The summed E-state index contributed by atoms with van der Waals surface area (Å²) >= 11 is 0. The number of hydrogen-bond donors (Lipinski definition) is 1. The first kappa shape index (κ1) is 28.1. The third-order valence-electron chi connectivity index (χ3n) is 6.53. The summed E-state index contributed by atoms with van der Waals surface area (Å²) in [5.74, 6) is -0.0794. The molecule has 0 heterocycles. The Balaban J connectivity index is 0.000000314. The lowest BCUT2D eigenvalue weighted by Gasteiger charge is -2.39. The Morgan fingerprint density at radius 3 is 1.42 bits per heavy atom. The van der Waals surface area contributed by atoms with Crippen LogP contribution in [0.15, 0.2) is 24.3 Å². The van der Waals surface area contributed by atoms with Crippen LogP contribution < -0.4 is 0 Å². The molecule has 180 valence electrons. The molecule has 1 aliphatic carbocycles. The molecule has 0 atom stereocenters. The topological polar surface area (TPSA) is 54.4 Å². The van der Waals surface area contributed by atoms with E-state index >= 15 is 0 Å². The monoisotopic (exact) mass is 454 g/mol. The van der Waals surface area contributed by atoms with Crippen molar-refractivity contribution in [1.82, 2.24) is 0 Å². The highest BCUT2D eigenvalue weighted by Crippen LogP contribution is 2.27. The molecule has 1 aromatic rings. The van der Waals surface area contributed by atoms with E-state index in [9.17, 15) is 8.42 Å². The fraction of sp³-hybridized carbons (Fsp3) is 0.769. The summed E-state index contributed by atoms with van der Waals surface area (Å²) in [5, 5.41) is 0. The van der Waals surface area contributed by atoms with Gasteiger partial charge >= 0.3 is 0 Å². The van der Waals surface area contributed by atoms with E-state index in [1.54, 1.807) is 0 Å². The molecular weight excluding hydrogens is 406 g/mol. The van der Waals surface area contributed by atoms with Gasteiger partial charge in [-0.05, 0) is 55.6 Å². The van der Waals surface area contributed by atoms with Crippen molar-refractivity contribution in [2.45, 2.75) is 91.9 Å². The van der Waals surface area contributed by atoms with Gasteiger partial charge in [-0.2, -0.15) is 8.42 Å². The molecule has 0 saturated heterocycles. The lowest BCUT2D eigenvalue weighted by Crippen LogP contribution is -2.50. The fourth-order valence-electron chi connectivity index (χ4n) is 4.71. The van der Waals surface area contributed by atoms with Gasteiger partial charge in [0.1, 0.15) is 0 Å². The van der Waals surface area contributed by atoms with Crippen molar-refractivity contribution in [2.24, 2.45) is 5.92 Å². The number of unbranched alkanes of at least 4 members (excludes halogenated alkanes) is 4. The molecule has 1 aromatic carbocycles. The van der Waals surface area contributed by atoms with E-state index in [1.165, 1.54) is 93.2 Å². The molecule has 1 N–H and O–H groups in total. The summed E-state index contributed by atoms with van der Waals surface area (Å²) in [6, 6.07) is 7.93. The predicted molar refractivity (Wildman–Crippen MR) is 133 cm³/mol. The van der Waals surface area contributed by atoms with E-state index in [-0.39, 0.29) is 11.7 Å². The third-order valence-corrected chi connectivity index (χ3v) is 7.42. The minimum absolute atomic E-state index is 0.0439. The number of benzene rings is 1. The first-order valence-corrected chi connectivity index (χ1v) is 14.3. The second-order valence-corrected chi connectivity index (χ2v) is 10.9. The minimum atomic E-state index is -3.83. The summed E-state index contributed by atoms with van der Waals surface area (Å²) in [7, 11) is -3.83. The summed E-state index contributed by atoms with van der Waals surface area (Å²) in [4.78, 5) is 0. The van der Waals surface area contributed by atoms with Gasteiger partial charge in [0.25, 0.3) is 10.1 Å². The van der Waals surface area contributed by atoms with Crippen molar-refractivity contribution in [1.29, 1.82) is 0 Å². The van der Waals surface area contributed by atoms with Crippen molar-refractivity contribution in [3.05, 3.63) is 35.4 Å². The summed E-state index contributed by atoms with van der Waals surface area (Å²) in [6.07, 6.45) is 12.6. The average molecular weight is 455 g/mol. The van der Waals surface area contributed by atoms with Crippen LogP contribution >= 0.6 is 0 Å². The third kappa shape index (κ3) is 11.5. The summed E-state index contributed by atoms with van der Waals surface area (Å²) in [5.41, 5.74) is 2.42. The van der Waals surface area contributed by atoms with Crippen LogP contribution in [-0.2, 0) is 23.0 Å². The number of hydrogen-bond acceptors (Lipinski definition) is 2. The maximum atomic E-state index is 10.7. The van der Waals surface area contributed by atoms with Crippen molar-refractivity contribution < 1.29 is 17.5 Å². The largest absolute Gasteiger partial charge is 0.324 e. The van der Waals surface area contributed by atoms with Crippen LogP contribution in [-0.4, -0.2) is 49.4 Å². The number of fused-ring (bicyclic) bond motifs is 1. The molecule has 4 nitrogen and oxygen atoms in total. The van der Waals surface area contributed by atoms with Gasteiger partial charge in [-0.3, -0.25) is 4.55 Å². The number of nitrogens with zero attached hydrogens (tertiary/aromatic N) is 1. The Morgan fingerprint density at radius 2 is 1.13 bits per heavy atom. The van der Waals surface area contributed by atoms with Crippen molar-refractivity contribution in [3.63, 3.8) is 0 Å². The van der Waals surface area contributed by atoms with Crippen molar-refractivity contribution in [3.8, 4) is 0 Å². The van der Waals surface area contributed by atoms with Crippen LogP contribution in [0.2, 0.25) is 0 Å². The molecule has 0 spiro atoms. The molecule has 2 rings (SSSR count).